The molecule has 1 unspecified atom stereocenters. The third-order valence-electron chi connectivity index (χ3n) is 2.51. The van der Waals surface area contributed by atoms with Gasteiger partial charge in [-0.05, 0) is 19.1 Å². The van der Waals surface area contributed by atoms with Gasteiger partial charge in [-0.2, -0.15) is 5.10 Å². The number of hydrogen-bond donors (Lipinski definition) is 1. The van der Waals surface area contributed by atoms with Gasteiger partial charge in [0.25, 0.3) is 0 Å². The first kappa shape index (κ1) is 10.6. The van der Waals surface area contributed by atoms with Crippen LogP contribution in [0, 0.1) is 0 Å². The normalized spacial score (nSPS) is 12.9. The van der Waals surface area contributed by atoms with Gasteiger partial charge in [-0.15, -0.1) is 0 Å². The maximum Gasteiger partial charge on any atom is 0.336 e. The van der Waals surface area contributed by atoms with Gasteiger partial charge in [-0.25, -0.2) is 9.18 Å². The minimum atomic E-state index is -1.29. The van der Waals surface area contributed by atoms with E-state index in [9.17, 15) is 9.18 Å². The van der Waals surface area contributed by atoms with Crippen LogP contribution in [0.5, 0.6) is 0 Å². The lowest BCUT2D eigenvalue weighted by Gasteiger charge is -2.00. The van der Waals surface area contributed by atoms with Gasteiger partial charge in [-0.1, -0.05) is 6.07 Å². The fourth-order valence-electron chi connectivity index (χ4n) is 1.80. The van der Waals surface area contributed by atoms with E-state index in [-0.39, 0.29) is 11.3 Å². The zero-order valence-corrected chi connectivity index (χ0v) is 8.94. The second kappa shape index (κ2) is 3.59. The minimum absolute atomic E-state index is 0.0881. The number of rotatable bonds is 2. The fraction of sp³-hybridized carbons (Fsp3) is 0.273. The van der Waals surface area contributed by atoms with Crippen molar-refractivity contribution < 1.29 is 14.3 Å². The Morgan fingerprint density at radius 1 is 1.56 bits per heavy atom. The van der Waals surface area contributed by atoms with E-state index in [1.807, 2.05) is 0 Å². The summed E-state index contributed by atoms with van der Waals surface area (Å²) in [7, 11) is 1.67. The van der Waals surface area contributed by atoms with Crippen LogP contribution in [0.25, 0.3) is 10.9 Å². The Labute approximate surface area is 91.3 Å². The lowest BCUT2D eigenvalue weighted by Crippen LogP contribution is -1.98. The van der Waals surface area contributed by atoms with Crippen molar-refractivity contribution in [2.24, 2.45) is 7.05 Å². The first-order chi connectivity index (χ1) is 7.52. The number of nitrogens with zero attached hydrogens (tertiary/aromatic N) is 2. The average molecular weight is 222 g/mol. The molecule has 0 bridgehead atoms. The number of benzene rings is 1. The van der Waals surface area contributed by atoms with E-state index in [4.69, 9.17) is 5.11 Å². The molecule has 0 saturated heterocycles. The Balaban J connectivity index is 2.88. The van der Waals surface area contributed by atoms with Crippen molar-refractivity contribution in [1.82, 2.24) is 9.78 Å². The van der Waals surface area contributed by atoms with E-state index < -0.39 is 12.1 Å². The van der Waals surface area contributed by atoms with Gasteiger partial charge < -0.3 is 5.11 Å². The number of aromatic carboxylic acids is 1. The van der Waals surface area contributed by atoms with Gasteiger partial charge in [0.05, 0.1) is 11.1 Å². The Kier molecular flexibility index (Phi) is 2.38. The predicted octanol–water partition coefficient (Wildman–Crippen LogP) is 2.30. The van der Waals surface area contributed by atoms with Crippen LogP contribution in [-0.2, 0) is 7.05 Å². The van der Waals surface area contributed by atoms with Crippen LogP contribution < -0.4 is 0 Å². The number of alkyl halides is 1. The molecule has 4 nitrogen and oxygen atoms in total. The summed E-state index contributed by atoms with van der Waals surface area (Å²) in [4.78, 5) is 11.0. The first-order valence-corrected chi connectivity index (χ1v) is 4.85. The van der Waals surface area contributed by atoms with Gasteiger partial charge in [0.1, 0.15) is 11.9 Å². The van der Waals surface area contributed by atoms with Crippen LogP contribution in [-0.4, -0.2) is 20.9 Å². The molecule has 0 aliphatic rings. The van der Waals surface area contributed by atoms with Gasteiger partial charge in [0, 0.05) is 12.4 Å². The topological polar surface area (TPSA) is 55.1 Å². The molecule has 0 radical (unpaired) electrons. The highest BCUT2D eigenvalue weighted by atomic mass is 19.1. The SMILES string of the molecule is CC(F)c1nn(C)c2cccc(C(=O)O)c12. The molecule has 5 heteroatoms. The predicted molar refractivity (Wildman–Crippen MR) is 57.2 cm³/mol. The molecule has 0 aliphatic heterocycles. The monoisotopic (exact) mass is 222 g/mol. The molecule has 84 valence electrons. The Bertz CT molecular complexity index is 560. The van der Waals surface area contributed by atoms with Crippen molar-refractivity contribution in [3.8, 4) is 0 Å². The highest BCUT2D eigenvalue weighted by Crippen LogP contribution is 2.28. The molecule has 0 saturated carbocycles. The molecule has 0 fully saturated rings. The number of fused-ring (bicyclic) bond motifs is 1. The molecular weight excluding hydrogens is 211 g/mol. The molecule has 1 aromatic heterocycles. The molecule has 1 aromatic carbocycles. The zero-order chi connectivity index (χ0) is 11.9. The average Bonchev–Trinajstić information content (AvgIpc) is 2.56. The molecule has 1 N–H and O–H groups in total. The van der Waals surface area contributed by atoms with Crippen molar-refractivity contribution in [3.63, 3.8) is 0 Å². The van der Waals surface area contributed by atoms with Crippen LogP contribution in [0.1, 0.15) is 29.1 Å². The molecule has 1 atom stereocenters. The van der Waals surface area contributed by atoms with Crippen LogP contribution in [0.2, 0.25) is 0 Å². The van der Waals surface area contributed by atoms with Crippen molar-refractivity contribution in [2.45, 2.75) is 13.1 Å². The Hall–Kier alpha value is -1.91. The van der Waals surface area contributed by atoms with Crippen LogP contribution in [0.4, 0.5) is 4.39 Å². The molecule has 1 heterocycles. The summed E-state index contributed by atoms with van der Waals surface area (Å²) in [5.41, 5.74) is 0.889. The number of aryl methyl sites for hydroxylation is 1. The van der Waals surface area contributed by atoms with Gasteiger partial charge in [0.15, 0.2) is 0 Å². The van der Waals surface area contributed by atoms with E-state index in [1.165, 1.54) is 17.7 Å². The number of carboxylic acids is 1. The minimum Gasteiger partial charge on any atom is -0.478 e. The summed E-state index contributed by atoms with van der Waals surface area (Å²) in [5.74, 6) is -1.07. The summed E-state index contributed by atoms with van der Waals surface area (Å²) >= 11 is 0. The largest absolute Gasteiger partial charge is 0.478 e. The van der Waals surface area contributed by atoms with E-state index >= 15 is 0 Å². The number of aromatic nitrogens is 2. The van der Waals surface area contributed by atoms with Crippen molar-refractivity contribution in [2.75, 3.05) is 0 Å². The molecule has 0 amide bonds. The molecule has 2 aromatic rings. The maximum absolute atomic E-state index is 13.4. The summed E-state index contributed by atoms with van der Waals surface area (Å²) in [6.45, 7) is 1.35. The number of hydrogen-bond acceptors (Lipinski definition) is 2. The fourth-order valence-corrected chi connectivity index (χ4v) is 1.80. The third kappa shape index (κ3) is 1.44. The third-order valence-corrected chi connectivity index (χ3v) is 2.51. The second-order valence-electron chi connectivity index (χ2n) is 3.63. The number of carboxylic acid groups (broad SMARTS) is 1. The molecule has 16 heavy (non-hydrogen) atoms. The molecular formula is C11H11FN2O2. The van der Waals surface area contributed by atoms with Crippen LogP contribution >= 0.6 is 0 Å². The van der Waals surface area contributed by atoms with E-state index in [1.54, 1.807) is 19.2 Å². The van der Waals surface area contributed by atoms with Crippen molar-refractivity contribution in [1.29, 1.82) is 0 Å². The molecule has 2 rings (SSSR count). The lowest BCUT2D eigenvalue weighted by atomic mass is 10.1. The molecule has 0 spiro atoms. The van der Waals surface area contributed by atoms with Gasteiger partial charge in [-0.3, -0.25) is 4.68 Å². The van der Waals surface area contributed by atoms with Crippen LogP contribution in [0.3, 0.4) is 0 Å². The maximum atomic E-state index is 13.4. The van der Waals surface area contributed by atoms with E-state index in [0.717, 1.165) is 0 Å². The number of carbonyl (C=O) groups is 1. The quantitative estimate of drug-likeness (QED) is 0.848. The van der Waals surface area contributed by atoms with Crippen molar-refractivity contribution >= 4 is 16.9 Å². The highest BCUT2D eigenvalue weighted by Gasteiger charge is 2.19. The molecule has 0 aliphatic carbocycles. The van der Waals surface area contributed by atoms with Crippen LogP contribution in [0.15, 0.2) is 18.2 Å². The second-order valence-corrected chi connectivity index (χ2v) is 3.63. The van der Waals surface area contributed by atoms with Gasteiger partial charge in [0.2, 0.25) is 0 Å². The summed E-state index contributed by atoms with van der Waals surface area (Å²) in [6.07, 6.45) is -1.29. The number of halogens is 1. The standard InChI is InChI=1S/C11H11FN2O2/c1-6(12)10-9-7(11(15)16)4-3-5-8(9)14(2)13-10/h3-6H,1-2H3,(H,15,16). The smallest absolute Gasteiger partial charge is 0.336 e. The Morgan fingerprint density at radius 2 is 2.25 bits per heavy atom. The highest BCUT2D eigenvalue weighted by molar-refractivity contribution is 6.04. The van der Waals surface area contributed by atoms with Gasteiger partial charge >= 0.3 is 5.97 Å². The first-order valence-electron chi connectivity index (χ1n) is 4.85. The zero-order valence-electron chi connectivity index (χ0n) is 8.94. The Morgan fingerprint density at radius 3 is 2.81 bits per heavy atom. The summed E-state index contributed by atoms with van der Waals surface area (Å²) in [6, 6.07) is 4.80. The summed E-state index contributed by atoms with van der Waals surface area (Å²) < 4.78 is 14.8. The summed E-state index contributed by atoms with van der Waals surface area (Å²) in [5, 5.41) is 13.4. The van der Waals surface area contributed by atoms with E-state index in [0.29, 0.717) is 10.9 Å². The van der Waals surface area contributed by atoms with E-state index in [2.05, 4.69) is 5.10 Å². The lowest BCUT2D eigenvalue weighted by molar-refractivity contribution is 0.0699. The van der Waals surface area contributed by atoms with Crippen molar-refractivity contribution in [3.05, 3.63) is 29.5 Å².